The first-order valence-electron chi connectivity index (χ1n) is 13.6. The zero-order valence-corrected chi connectivity index (χ0v) is 24.6. The van der Waals surface area contributed by atoms with Crippen molar-refractivity contribution in [3.05, 3.63) is 101 Å². The van der Waals surface area contributed by atoms with E-state index < -0.39 is 12.4 Å². The Morgan fingerprint density at radius 1 is 1.11 bits per heavy atom. The van der Waals surface area contributed by atoms with Crippen LogP contribution in [0.4, 0.5) is 23.7 Å². The van der Waals surface area contributed by atoms with Crippen molar-refractivity contribution in [2.75, 3.05) is 10.7 Å². The number of benzene rings is 3. The van der Waals surface area contributed by atoms with Crippen LogP contribution in [0.1, 0.15) is 35.1 Å². The Hall–Kier alpha value is -4.91. The zero-order valence-electron chi connectivity index (χ0n) is 23.8. The maximum atomic E-state index is 12.7. The number of fused-ring (bicyclic) bond motifs is 3. The number of thioether (sulfide) groups is 1. The number of ether oxygens (including phenoxy) is 1. The molecule has 0 radical (unpaired) electrons. The van der Waals surface area contributed by atoms with Crippen molar-refractivity contribution < 1.29 is 22.7 Å². The molecule has 1 unspecified atom stereocenters. The van der Waals surface area contributed by atoms with Gasteiger partial charge in [-0.3, -0.25) is 4.90 Å². The largest absolute Gasteiger partial charge is 0.573 e. The summed E-state index contributed by atoms with van der Waals surface area (Å²) in [6.45, 7) is 6.11. The van der Waals surface area contributed by atoms with E-state index in [0.717, 1.165) is 39.4 Å². The number of amides is 2. The minimum Gasteiger partial charge on any atom is -0.406 e. The van der Waals surface area contributed by atoms with Crippen LogP contribution in [0, 0.1) is 13.8 Å². The molecule has 1 aromatic heterocycles. The summed E-state index contributed by atoms with van der Waals surface area (Å²) in [7, 11) is 0. The Morgan fingerprint density at radius 3 is 2.66 bits per heavy atom. The van der Waals surface area contributed by atoms with Gasteiger partial charge in [-0.1, -0.05) is 49.0 Å². The minimum absolute atomic E-state index is 0.291. The standard InChI is InChI=1S/C31H26F3N7O2S/c1-18-4-11-26-20(3)14-24-16-44-30(41(24)27(26)12-18)37-29(42)38-36-15-22-6-5-21(13-19(22)2)28-35-17-40(39-28)23-7-9-25(10-8-23)43-31(32,33)34/h4-15,17,20H,16H2,1-3H3,(H,38,42)/b36-15+,37-30-. The third-order valence-corrected chi connectivity index (χ3v) is 8.08. The van der Waals surface area contributed by atoms with E-state index in [1.807, 2.05) is 36.9 Å². The number of hydrogen-bond donors (Lipinski definition) is 1. The molecule has 44 heavy (non-hydrogen) atoms. The number of aryl methyl sites for hydroxylation is 2. The molecule has 2 aliphatic rings. The molecule has 1 saturated heterocycles. The van der Waals surface area contributed by atoms with Gasteiger partial charge in [0.2, 0.25) is 0 Å². The summed E-state index contributed by atoms with van der Waals surface area (Å²) in [5.41, 5.74) is 9.91. The van der Waals surface area contributed by atoms with E-state index in [1.165, 1.54) is 52.6 Å². The first-order valence-corrected chi connectivity index (χ1v) is 14.6. The van der Waals surface area contributed by atoms with Crippen molar-refractivity contribution in [2.24, 2.45) is 10.1 Å². The molecule has 9 nitrogen and oxygen atoms in total. The Bertz CT molecular complexity index is 1830. The molecule has 3 heterocycles. The van der Waals surface area contributed by atoms with Crippen LogP contribution in [0.2, 0.25) is 0 Å². The van der Waals surface area contributed by atoms with Gasteiger partial charge in [0.05, 0.1) is 17.6 Å². The van der Waals surface area contributed by atoms with Crippen molar-refractivity contribution >= 4 is 34.9 Å². The fraction of sp³-hybridized carbons (Fsp3) is 0.194. The lowest BCUT2D eigenvalue weighted by atomic mass is 9.93. The van der Waals surface area contributed by atoms with Gasteiger partial charge in [-0.25, -0.2) is 19.9 Å². The maximum Gasteiger partial charge on any atom is 0.573 e. The second-order valence-corrected chi connectivity index (χ2v) is 11.3. The second-order valence-electron chi connectivity index (χ2n) is 10.3. The predicted octanol–water partition coefficient (Wildman–Crippen LogP) is 7.10. The molecule has 1 N–H and O–H groups in total. The summed E-state index contributed by atoms with van der Waals surface area (Å²) < 4.78 is 42.6. The number of hydrazone groups is 1. The van der Waals surface area contributed by atoms with Crippen LogP contribution in [0.5, 0.6) is 5.75 Å². The summed E-state index contributed by atoms with van der Waals surface area (Å²) >= 11 is 1.52. The lowest BCUT2D eigenvalue weighted by Gasteiger charge is -2.30. The molecular formula is C31H26F3N7O2S. The van der Waals surface area contributed by atoms with E-state index in [9.17, 15) is 18.0 Å². The number of urea groups is 1. The van der Waals surface area contributed by atoms with E-state index >= 15 is 0 Å². The lowest BCUT2D eigenvalue weighted by molar-refractivity contribution is -0.274. The van der Waals surface area contributed by atoms with Gasteiger partial charge in [0, 0.05) is 22.9 Å². The van der Waals surface area contributed by atoms with Gasteiger partial charge in [-0.05, 0) is 72.5 Å². The first kappa shape index (κ1) is 29.2. The summed E-state index contributed by atoms with van der Waals surface area (Å²) in [5.74, 6) is 1.15. The van der Waals surface area contributed by atoms with E-state index in [0.29, 0.717) is 22.6 Å². The molecule has 0 bridgehead atoms. The normalized spacial score (nSPS) is 17.0. The highest BCUT2D eigenvalue weighted by atomic mass is 32.2. The van der Waals surface area contributed by atoms with Gasteiger partial charge in [-0.15, -0.1) is 18.3 Å². The number of alkyl halides is 3. The van der Waals surface area contributed by atoms with Gasteiger partial charge in [0.1, 0.15) is 12.1 Å². The topological polar surface area (TPSA) is 97.0 Å². The van der Waals surface area contributed by atoms with E-state index in [-0.39, 0.29) is 5.75 Å². The predicted molar refractivity (Wildman–Crippen MR) is 164 cm³/mol. The number of aromatic nitrogens is 3. The van der Waals surface area contributed by atoms with Crippen LogP contribution in [0.25, 0.3) is 17.1 Å². The Labute approximate surface area is 255 Å². The van der Waals surface area contributed by atoms with Crippen molar-refractivity contribution in [3.8, 4) is 22.8 Å². The SMILES string of the molecule is Cc1ccc2c(c1)N1C(=CC2C)CS/C1=N\C(=O)N/N=C/c1ccc(-c2ncn(-c3ccc(OC(F)(F)F)cc3)n2)cc1C. The van der Waals surface area contributed by atoms with Crippen molar-refractivity contribution in [3.63, 3.8) is 0 Å². The fourth-order valence-electron chi connectivity index (χ4n) is 5.01. The highest BCUT2D eigenvalue weighted by Crippen LogP contribution is 2.43. The molecular weight excluding hydrogens is 591 g/mol. The Balaban J connectivity index is 1.11. The molecule has 1 atom stereocenters. The van der Waals surface area contributed by atoms with Gasteiger partial charge in [-0.2, -0.15) is 10.1 Å². The number of amidine groups is 1. The second kappa shape index (κ2) is 11.6. The quantitative estimate of drug-likeness (QED) is 0.190. The van der Waals surface area contributed by atoms with E-state index in [1.54, 1.807) is 6.21 Å². The van der Waals surface area contributed by atoms with Crippen molar-refractivity contribution in [1.29, 1.82) is 0 Å². The molecule has 0 aliphatic carbocycles. The van der Waals surface area contributed by atoms with Crippen molar-refractivity contribution in [2.45, 2.75) is 33.1 Å². The molecule has 13 heteroatoms. The van der Waals surface area contributed by atoms with Gasteiger partial charge in [0.25, 0.3) is 0 Å². The van der Waals surface area contributed by atoms with E-state index in [4.69, 9.17) is 0 Å². The molecule has 0 saturated carbocycles. The van der Waals surface area contributed by atoms with Crippen LogP contribution in [-0.2, 0) is 0 Å². The molecule has 1 fully saturated rings. The molecule has 2 amide bonds. The minimum atomic E-state index is -4.76. The van der Waals surface area contributed by atoms with Gasteiger partial charge < -0.3 is 4.74 Å². The van der Waals surface area contributed by atoms with Gasteiger partial charge >= 0.3 is 12.4 Å². The van der Waals surface area contributed by atoms with Crippen LogP contribution in [0.3, 0.4) is 0 Å². The zero-order chi connectivity index (χ0) is 31.0. The Kier molecular flexibility index (Phi) is 7.72. The van der Waals surface area contributed by atoms with Crippen LogP contribution in [0.15, 0.2) is 88.9 Å². The smallest absolute Gasteiger partial charge is 0.406 e. The summed E-state index contributed by atoms with van der Waals surface area (Å²) in [6, 6.07) is 16.6. The number of rotatable bonds is 5. The van der Waals surface area contributed by atoms with Crippen LogP contribution in [-0.4, -0.2) is 44.3 Å². The van der Waals surface area contributed by atoms with Crippen LogP contribution >= 0.6 is 11.8 Å². The molecule has 224 valence electrons. The molecule has 0 spiro atoms. The number of carbonyl (C=O) groups excluding carboxylic acids is 1. The molecule has 2 aliphatic heterocycles. The monoisotopic (exact) mass is 617 g/mol. The molecule has 4 aromatic rings. The summed E-state index contributed by atoms with van der Waals surface area (Å²) in [6.07, 6.45) is 0.473. The number of allylic oxidation sites excluding steroid dienone is 1. The number of hydrogen-bond acceptors (Lipinski definition) is 6. The van der Waals surface area contributed by atoms with Crippen LogP contribution < -0.4 is 15.1 Å². The van der Waals surface area contributed by atoms with Crippen molar-refractivity contribution in [1.82, 2.24) is 20.2 Å². The Morgan fingerprint density at radius 2 is 1.91 bits per heavy atom. The number of nitrogens with zero attached hydrogens (tertiary/aromatic N) is 6. The lowest BCUT2D eigenvalue weighted by Crippen LogP contribution is -2.28. The average Bonchev–Trinajstić information content (AvgIpc) is 3.61. The third kappa shape index (κ3) is 6.23. The summed E-state index contributed by atoms with van der Waals surface area (Å²) in [4.78, 5) is 23.4. The number of anilines is 1. The van der Waals surface area contributed by atoms with E-state index in [2.05, 4.69) is 61.5 Å². The maximum absolute atomic E-state index is 12.7. The van der Waals surface area contributed by atoms with Gasteiger partial charge in [0.15, 0.2) is 11.0 Å². The third-order valence-electron chi connectivity index (χ3n) is 7.10. The number of halogens is 3. The molecule has 3 aromatic carbocycles. The molecule has 6 rings (SSSR count). The highest BCUT2D eigenvalue weighted by Gasteiger charge is 2.33. The fourth-order valence-corrected chi connectivity index (χ4v) is 6.01. The first-order chi connectivity index (χ1) is 21.0. The highest BCUT2D eigenvalue weighted by molar-refractivity contribution is 8.14. The number of aliphatic imine (C=N–C) groups is 1. The summed E-state index contributed by atoms with van der Waals surface area (Å²) in [5, 5.41) is 9.16. The number of nitrogens with one attached hydrogen (secondary N) is 1. The average molecular weight is 618 g/mol. The number of carbonyl (C=O) groups is 1.